The van der Waals surface area contributed by atoms with Gasteiger partial charge < -0.3 is 29.0 Å². The number of methoxy groups -OCH3 is 1. The Morgan fingerprint density at radius 1 is 1.14 bits per heavy atom. The van der Waals surface area contributed by atoms with E-state index in [0.29, 0.717) is 50.0 Å². The monoisotopic (exact) mass is 506 g/mol. The number of hydrogen-bond donors (Lipinski definition) is 1. The first kappa shape index (κ1) is 26.6. The van der Waals surface area contributed by atoms with Gasteiger partial charge in [0.1, 0.15) is 23.1 Å². The number of carbonyl (C=O) groups excluding carboxylic acids is 2. The van der Waals surface area contributed by atoms with Crippen molar-refractivity contribution < 1.29 is 33.3 Å². The molecule has 10 heteroatoms. The van der Waals surface area contributed by atoms with Crippen LogP contribution in [-0.4, -0.2) is 57.1 Å². The Kier molecular flexibility index (Phi) is 10.4. The summed E-state index contributed by atoms with van der Waals surface area (Å²) in [5.41, 5.74) is 1.09. The van der Waals surface area contributed by atoms with Crippen LogP contribution in [0, 0.1) is 5.92 Å². The highest BCUT2D eigenvalue weighted by molar-refractivity contribution is 6.32. The van der Waals surface area contributed by atoms with Gasteiger partial charge in [0.2, 0.25) is 5.88 Å². The number of esters is 1. The van der Waals surface area contributed by atoms with E-state index < -0.39 is 12.1 Å². The lowest BCUT2D eigenvalue weighted by Crippen LogP contribution is -2.26. The zero-order valence-corrected chi connectivity index (χ0v) is 20.8. The van der Waals surface area contributed by atoms with Crippen LogP contribution in [0.5, 0.6) is 17.4 Å². The van der Waals surface area contributed by atoms with Gasteiger partial charge in [0, 0.05) is 25.9 Å². The van der Waals surface area contributed by atoms with Gasteiger partial charge in [-0.1, -0.05) is 17.7 Å². The van der Waals surface area contributed by atoms with E-state index in [9.17, 15) is 9.59 Å². The number of hydrogen-bond acceptors (Lipinski definition) is 8. The maximum Gasteiger partial charge on any atom is 0.407 e. The summed E-state index contributed by atoms with van der Waals surface area (Å²) < 4.78 is 27.0. The third kappa shape index (κ3) is 8.92. The van der Waals surface area contributed by atoms with E-state index in [-0.39, 0.29) is 29.7 Å². The fourth-order valence-electron chi connectivity index (χ4n) is 3.13. The molecule has 1 heterocycles. The summed E-state index contributed by atoms with van der Waals surface area (Å²) in [4.78, 5) is 27.9. The number of aryl methyl sites for hydroxylation is 1. The molecule has 2 aromatic rings. The summed E-state index contributed by atoms with van der Waals surface area (Å²) in [5, 5.41) is 2.95. The van der Waals surface area contributed by atoms with Gasteiger partial charge in [-0.15, -0.1) is 0 Å². The molecule has 190 valence electrons. The van der Waals surface area contributed by atoms with Crippen LogP contribution in [0.4, 0.5) is 4.79 Å². The van der Waals surface area contributed by atoms with Crippen molar-refractivity contribution in [3.05, 3.63) is 46.6 Å². The number of carbonyl (C=O) groups is 2. The van der Waals surface area contributed by atoms with Crippen molar-refractivity contribution in [2.45, 2.75) is 32.6 Å². The molecular formula is C25H31ClN2O7. The largest absolute Gasteiger partial charge is 0.491 e. The van der Waals surface area contributed by atoms with Crippen LogP contribution in [-0.2, 0) is 20.6 Å². The number of pyridine rings is 1. The van der Waals surface area contributed by atoms with Gasteiger partial charge in [0.15, 0.2) is 0 Å². The Morgan fingerprint density at radius 2 is 1.97 bits per heavy atom. The van der Waals surface area contributed by atoms with Crippen molar-refractivity contribution in [1.29, 1.82) is 0 Å². The molecule has 1 aromatic carbocycles. The van der Waals surface area contributed by atoms with Crippen molar-refractivity contribution in [1.82, 2.24) is 10.3 Å². The van der Waals surface area contributed by atoms with Gasteiger partial charge in [0.05, 0.1) is 25.4 Å². The molecule has 9 nitrogen and oxygen atoms in total. The predicted octanol–water partition coefficient (Wildman–Crippen LogP) is 4.80. The first-order valence-corrected chi connectivity index (χ1v) is 12.0. The molecule has 35 heavy (non-hydrogen) atoms. The standard InChI is InChI=1S/C25H31ClN2O7/c1-3-32-24(29)19-13-21(26)23(27-16-19)35-22-14-20(33-12-11-31-2)9-8-18(22)5-4-10-34-25(30)28-15-17-6-7-17/h8-9,13-14,16-17H,3-7,10-12,15H2,1-2H3,(H,28,30). The third-order valence-electron chi connectivity index (χ3n) is 5.18. The lowest BCUT2D eigenvalue weighted by molar-refractivity contribution is 0.0525. The molecule has 0 atom stereocenters. The molecule has 0 saturated heterocycles. The van der Waals surface area contributed by atoms with Crippen LogP contribution in [0.2, 0.25) is 5.02 Å². The molecule has 0 bridgehead atoms. The highest BCUT2D eigenvalue weighted by Gasteiger charge is 2.21. The Balaban J connectivity index is 1.65. The Hall–Kier alpha value is -3.04. The van der Waals surface area contributed by atoms with E-state index in [4.69, 9.17) is 35.3 Å². The number of amides is 1. The Morgan fingerprint density at radius 3 is 2.69 bits per heavy atom. The average Bonchev–Trinajstić information content (AvgIpc) is 3.68. The molecular weight excluding hydrogens is 476 g/mol. The van der Waals surface area contributed by atoms with Gasteiger partial charge >= 0.3 is 12.1 Å². The fourth-order valence-corrected chi connectivity index (χ4v) is 3.33. The number of nitrogens with one attached hydrogen (secondary N) is 1. The molecule has 0 unspecified atom stereocenters. The van der Waals surface area contributed by atoms with Gasteiger partial charge in [0.25, 0.3) is 0 Å². The summed E-state index contributed by atoms with van der Waals surface area (Å²) in [7, 11) is 1.60. The molecule has 1 N–H and O–H groups in total. The molecule has 1 saturated carbocycles. The molecule has 1 aromatic heterocycles. The number of halogens is 1. The topological polar surface area (TPSA) is 105 Å². The fraction of sp³-hybridized carbons (Fsp3) is 0.480. The summed E-state index contributed by atoms with van der Waals surface area (Å²) in [6.45, 7) is 3.74. The summed E-state index contributed by atoms with van der Waals surface area (Å²) in [6.07, 6.45) is 4.47. The quantitative estimate of drug-likeness (QED) is 0.288. The number of benzene rings is 1. The second kappa shape index (κ2) is 13.7. The summed E-state index contributed by atoms with van der Waals surface area (Å²) >= 11 is 6.33. The second-order valence-corrected chi connectivity index (χ2v) is 8.42. The maximum absolute atomic E-state index is 11.9. The van der Waals surface area contributed by atoms with Crippen LogP contribution < -0.4 is 14.8 Å². The van der Waals surface area contributed by atoms with E-state index in [1.54, 1.807) is 20.1 Å². The van der Waals surface area contributed by atoms with E-state index in [0.717, 1.165) is 5.56 Å². The summed E-state index contributed by atoms with van der Waals surface area (Å²) in [6, 6.07) is 6.91. The van der Waals surface area contributed by atoms with Crippen molar-refractivity contribution in [3.63, 3.8) is 0 Å². The van der Waals surface area contributed by atoms with Crippen molar-refractivity contribution in [2.75, 3.05) is 40.1 Å². The number of rotatable bonds is 14. The number of ether oxygens (including phenoxy) is 5. The second-order valence-electron chi connectivity index (χ2n) is 8.01. The molecule has 1 aliphatic carbocycles. The molecule has 0 aliphatic heterocycles. The van der Waals surface area contributed by atoms with Crippen molar-refractivity contribution in [2.24, 2.45) is 5.92 Å². The molecule has 0 spiro atoms. The van der Waals surface area contributed by atoms with Crippen molar-refractivity contribution >= 4 is 23.7 Å². The molecule has 1 fully saturated rings. The maximum atomic E-state index is 11.9. The van der Waals surface area contributed by atoms with Gasteiger partial charge in [-0.25, -0.2) is 14.6 Å². The molecule has 1 amide bonds. The highest BCUT2D eigenvalue weighted by Crippen LogP contribution is 2.33. The van der Waals surface area contributed by atoms with Gasteiger partial charge in [-0.3, -0.25) is 0 Å². The predicted molar refractivity (Wildman–Crippen MR) is 129 cm³/mol. The average molecular weight is 507 g/mol. The third-order valence-corrected chi connectivity index (χ3v) is 5.45. The first-order chi connectivity index (χ1) is 17.0. The van der Waals surface area contributed by atoms with Crippen LogP contribution in [0.25, 0.3) is 0 Å². The minimum Gasteiger partial charge on any atom is -0.491 e. The van der Waals surface area contributed by atoms with E-state index in [1.165, 1.54) is 25.1 Å². The smallest absolute Gasteiger partial charge is 0.407 e. The Bertz CT molecular complexity index is 998. The number of nitrogens with zero attached hydrogens (tertiary/aromatic N) is 1. The van der Waals surface area contributed by atoms with Crippen molar-refractivity contribution in [3.8, 4) is 17.4 Å². The minimum atomic E-state index is -0.510. The van der Waals surface area contributed by atoms with Crippen LogP contribution in [0.1, 0.15) is 42.1 Å². The van der Waals surface area contributed by atoms with Crippen LogP contribution in [0.15, 0.2) is 30.5 Å². The zero-order chi connectivity index (χ0) is 25.0. The molecule has 1 aliphatic rings. The lowest BCUT2D eigenvalue weighted by atomic mass is 10.1. The molecule has 3 rings (SSSR count). The van der Waals surface area contributed by atoms with Crippen LogP contribution in [0.3, 0.4) is 0 Å². The van der Waals surface area contributed by atoms with E-state index in [1.807, 2.05) is 12.1 Å². The highest BCUT2D eigenvalue weighted by atomic mass is 35.5. The molecule has 0 radical (unpaired) electrons. The number of alkyl carbamates (subject to hydrolysis) is 1. The minimum absolute atomic E-state index is 0.144. The first-order valence-electron chi connectivity index (χ1n) is 11.7. The SMILES string of the molecule is CCOC(=O)c1cnc(Oc2cc(OCCOC)ccc2CCCOC(=O)NCC2CC2)c(Cl)c1. The normalized spacial score (nSPS) is 12.7. The zero-order valence-electron chi connectivity index (χ0n) is 20.0. The number of aromatic nitrogens is 1. The van der Waals surface area contributed by atoms with Crippen LogP contribution >= 0.6 is 11.6 Å². The van der Waals surface area contributed by atoms with E-state index >= 15 is 0 Å². The lowest BCUT2D eigenvalue weighted by Gasteiger charge is -2.14. The van der Waals surface area contributed by atoms with Gasteiger partial charge in [-0.2, -0.15) is 0 Å². The van der Waals surface area contributed by atoms with E-state index in [2.05, 4.69) is 10.3 Å². The summed E-state index contributed by atoms with van der Waals surface area (Å²) in [5.74, 6) is 1.32. The Labute approximate surface area is 210 Å². The van der Waals surface area contributed by atoms with Gasteiger partial charge in [-0.05, 0) is 56.2 Å².